The van der Waals surface area contributed by atoms with E-state index in [4.69, 9.17) is 11.6 Å². The fraction of sp³-hybridized carbons (Fsp3) is 0.294. The first kappa shape index (κ1) is 19.9. The van der Waals surface area contributed by atoms with Crippen molar-refractivity contribution in [2.75, 3.05) is 19.8 Å². The Hall–Kier alpha value is -1.44. The standard InChI is InChI=1S/C17H20BrClN4OS/c1-5-23(3)11-20-16-10-15(18)17(21-12(16)2)22-25(4,24)14-8-6-13(19)7-9-14/h6-11H,5H2,1-4H3. The van der Waals surface area contributed by atoms with Crippen LogP contribution >= 0.6 is 27.5 Å². The lowest BCUT2D eigenvalue weighted by molar-refractivity contribution is 0.552. The Morgan fingerprint density at radius 3 is 2.60 bits per heavy atom. The Morgan fingerprint density at radius 1 is 1.36 bits per heavy atom. The van der Waals surface area contributed by atoms with Gasteiger partial charge in [-0.15, -0.1) is 0 Å². The van der Waals surface area contributed by atoms with Crippen molar-refractivity contribution in [3.8, 4) is 0 Å². The number of hydrogen-bond acceptors (Lipinski definition) is 4. The number of aryl methyl sites for hydroxylation is 1. The largest absolute Gasteiger partial charge is 0.366 e. The van der Waals surface area contributed by atoms with Crippen LogP contribution in [-0.4, -0.2) is 40.3 Å². The van der Waals surface area contributed by atoms with Gasteiger partial charge in [0, 0.05) is 29.8 Å². The Labute approximate surface area is 162 Å². The maximum atomic E-state index is 13.0. The molecule has 0 amide bonds. The minimum atomic E-state index is -2.63. The zero-order chi connectivity index (χ0) is 18.6. The van der Waals surface area contributed by atoms with E-state index in [1.165, 1.54) is 0 Å². The molecule has 0 aliphatic carbocycles. The SMILES string of the molecule is CCN(C)C=Nc1cc(Br)c(N=S(C)(=O)c2ccc(Cl)cc2)nc1C. The van der Waals surface area contributed by atoms with Crippen molar-refractivity contribution in [1.82, 2.24) is 9.88 Å². The van der Waals surface area contributed by atoms with Gasteiger partial charge < -0.3 is 4.90 Å². The molecule has 8 heteroatoms. The minimum absolute atomic E-state index is 0.391. The number of aliphatic imine (C=N–C) groups is 1. The van der Waals surface area contributed by atoms with Gasteiger partial charge in [0.15, 0.2) is 5.82 Å². The van der Waals surface area contributed by atoms with Gasteiger partial charge in [-0.1, -0.05) is 11.6 Å². The van der Waals surface area contributed by atoms with E-state index < -0.39 is 9.73 Å². The van der Waals surface area contributed by atoms with Gasteiger partial charge >= 0.3 is 0 Å². The Bertz CT molecular complexity index is 906. The molecular formula is C17H20BrClN4OS. The fourth-order valence-electron chi connectivity index (χ4n) is 1.90. The highest BCUT2D eigenvalue weighted by molar-refractivity contribution is 9.10. The van der Waals surface area contributed by atoms with Gasteiger partial charge in [-0.25, -0.2) is 14.2 Å². The van der Waals surface area contributed by atoms with Crippen LogP contribution in [0.5, 0.6) is 0 Å². The second kappa shape index (κ2) is 8.29. The molecule has 0 aliphatic heterocycles. The van der Waals surface area contributed by atoms with Crippen molar-refractivity contribution >= 4 is 55.1 Å². The zero-order valence-corrected chi connectivity index (χ0v) is 17.7. The predicted molar refractivity (Wildman–Crippen MR) is 109 cm³/mol. The second-order valence-corrected chi connectivity index (χ2v) is 9.11. The molecule has 0 saturated heterocycles. The summed E-state index contributed by atoms with van der Waals surface area (Å²) in [6, 6.07) is 8.66. The summed E-state index contributed by atoms with van der Waals surface area (Å²) < 4.78 is 18.0. The van der Waals surface area contributed by atoms with Crippen molar-refractivity contribution in [1.29, 1.82) is 0 Å². The van der Waals surface area contributed by atoms with E-state index in [-0.39, 0.29) is 0 Å². The predicted octanol–water partition coefficient (Wildman–Crippen LogP) is 5.21. The highest BCUT2D eigenvalue weighted by atomic mass is 79.9. The van der Waals surface area contributed by atoms with Crippen LogP contribution in [0.4, 0.5) is 11.5 Å². The monoisotopic (exact) mass is 442 g/mol. The number of rotatable bonds is 5. The summed E-state index contributed by atoms with van der Waals surface area (Å²) in [5.41, 5.74) is 1.45. The third kappa shape index (κ3) is 5.26. The molecule has 0 radical (unpaired) electrons. The molecular weight excluding hydrogens is 424 g/mol. The summed E-state index contributed by atoms with van der Waals surface area (Å²) in [7, 11) is -0.687. The fourth-order valence-corrected chi connectivity index (χ4v) is 3.75. The molecule has 1 aromatic carbocycles. The average molecular weight is 444 g/mol. The highest BCUT2D eigenvalue weighted by Gasteiger charge is 2.11. The number of halogens is 2. The summed E-state index contributed by atoms with van der Waals surface area (Å²) >= 11 is 9.34. The Balaban J connectivity index is 2.43. The lowest BCUT2D eigenvalue weighted by Crippen LogP contribution is -2.14. The van der Waals surface area contributed by atoms with Crippen molar-refractivity contribution < 1.29 is 4.21 Å². The number of nitrogens with zero attached hydrogens (tertiary/aromatic N) is 4. The van der Waals surface area contributed by atoms with Gasteiger partial charge in [-0.3, -0.25) is 0 Å². The molecule has 134 valence electrons. The van der Waals surface area contributed by atoms with Crippen LogP contribution in [0, 0.1) is 6.92 Å². The number of hydrogen-bond donors (Lipinski definition) is 0. The van der Waals surface area contributed by atoms with Gasteiger partial charge in [0.05, 0.1) is 31.9 Å². The van der Waals surface area contributed by atoms with Crippen molar-refractivity contribution in [3.05, 3.63) is 45.5 Å². The topological polar surface area (TPSA) is 57.9 Å². The maximum Gasteiger partial charge on any atom is 0.176 e. The minimum Gasteiger partial charge on any atom is -0.366 e. The lowest BCUT2D eigenvalue weighted by Gasteiger charge is -2.10. The van der Waals surface area contributed by atoms with Crippen molar-refractivity contribution in [3.63, 3.8) is 0 Å². The number of benzene rings is 1. The van der Waals surface area contributed by atoms with E-state index in [0.29, 0.717) is 25.9 Å². The third-order valence-corrected chi connectivity index (χ3v) is 6.03. The molecule has 1 atom stereocenters. The molecule has 0 N–H and O–H groups in total. The molecule has 1 aromatic heterocycles. The van der Waals surface area contributed by atoms with E-state index in [2.05, 4.69) is 30.3 Å². The summed E-state index contributed by atoms with van der Waals surface area (Å²) in [6.45, 7) is 4.76. The number of aromatic nitrogens is 1. The number of pyridine rings is 1. The van der Waals surface area contributed by atoms with E-state index >= 15 is 0 Å². The van der Waals surface area contributed by atoms with E-state index in [9.17, 15) is 4.21 Å². The first-order chi connectivity index (χ1) is 11.7. The first-order valence-corrected chi connectivity index (χ1v) is 10.7. The summed E-state index contributed by atoms with van der Waals surface area (Å²) in [6.07, 6.45) is 3.34. The first-order valence-electron chi connectivity index (χ1n) is 7.62. The molecule has 1 heterocycles. The van der Waals surface area contributed by atoms with Crippen molar-refractivity contribution in [2.24, 2.45) is 9.36 Å². The molecule has 0 spiro atoms. The Morgan fingerprint density at radius 2 is 2.00 bits per heavy atom. The molecule has 2 aromatic rings. The van der Waals surface area contributed by atoms with Crippen LogP contribution in [-0.2, 0) is 9.73 Å². The highest BCUT2D eigenvalue weighted by Crippen LogP contribution is 2.31. The molecule has 1 unspecified atom stereocenters. The van der Waals surface area contributed by atoms with E-state index in [1.807, 2.05) is 31.9 Å². The molecule has 0 fully saturated rings. The van der Waals surface area contributed by atoms with Crippen LogP contribution in [0.2, 0.25) is 5.02 Å². The Kier molecular flexibility index (Phi) is 6.59. The molecule has 0 aliphatic rings. The van der Waals surface area contributed by atoms with Gasteiger partial charge in [-0.05, 0) is 60.1 Å². The van der Waals surface area contributed by atoms with Crippen LogP contribution in [0.25, 0.3) is 0 Å². The average Bonchev–Trinajstić information content (AvgIpc) is 2.56. The quantitative estimate of drug-likeness (QED) is 0.471. The molecule has 0 saturated carbocycles. The van der Waals surface area contributed by atoms with Crippen LogP contribution in [0.1, 0.15) is 12.6 Å². The normalized spacial score (nSPS) is 13.7. The zero-order valence-electron chi connectivity index (χ0n) is 14.5. The van der Waals surface area contributed by atoms with E-state index in [1.54, 1.807) is 36.9 Å². The third-order valence-electron chi connectivity index (χ3n) is 3.53. The lowest BCUT2D eigenvalue weighted by atomic mass is 10.3. The van der Waals surface area contributed by atoms with Gasteiger partial charge in [0.25, 0.3) is 0 Å². The smallest absolute Gasteiger partial charge is 0.176 e. The van der Waals surface area contributed by atoms with Gasteiger partial charge in [0.1, 0.15) is 0 Å². The molecule has 25 heavy (non-hydrogen) atoms. The van der Waals surface area contributed by atoms with Crippen LogP contribution in [0.15, 0.2) is 49.1 Å². The second-order valence-electron chi connectivity index (χ2n) is 5.56. The van der Waals surface area contributed by atoms with Gasteiger partial charge in [0.2, 0.25) is 0 Å². The van der Waals surface area contributed by atoms with E-state index in [0.717, 1.165) is 12.2 Å². The molecule has 2 rings (SSSR count). The van der Waals surface area contributed by atoms with Crippen molar-refractivity contribution in [2.45, 2.75) is 18.7 Å². The molecule has 5 nitrogen and oxygen atoms in total. The van der Waals surface area contributed by atoms with Crippen LogP contribution in [0.3, 0.4) is 0 Å². The maximum absolute atomic E-state index is 13.0. The summed E-state index contributed by atoms with van der Waals surface area (Å²) in [5, 5.41) is 0.591. The van der Waals surface area contributed by atoms with Gasteiger partial charge in [-0.2, -0.15) is 4.36 Å². The summed E-state index contributed by atoms with van der Waals surface area (Å²) in [5.74, 6) is 0.391. The summed E-state index contributed by atoms with van der Waals surface area (Å²) in [4.78, 5) is 11.4. The molecule has 0 bridgehead atoms. The van der Waals surface area contributed by atoms with Crippen LogP contribution < -0.4 is 0 Å².